The SMILES string of the molecule is CCCN1CCCCC1C.COC(=O)O. The number of carboxylic acid groups (broad SMARTS) is 1. The van der Waals surface area contributed by atoms with Gasteiger partial charge in [-0.1, -0.05) is 13.3 Å². The van der Waals surface area contributed by atoms with Crippen molar-refractivity contribution in [1.82, 2.24) is 4.90 Å². The van der Waals surface area contributed by atoms with Crippen LogP contribution in [-0.4, -0.2) is 42.4 Å². The summed E-state index contributed by atoms with van der Waals surface area (Å²) in [6.07, 6.45) is 4.35. The summed E-state index contributed by atoms with van der Waals surface area (Å²) in [6.45, 7) is 7.27. The summed E-state index contributed by atoms with van der Waals surface area (Å²) in [4.78, 5) is 11.8. The maximum Gasteiger partial charge on any atom is 0.505 e. The molecular weight excluding hydrogens is 194 g/mol. The summed E-state index contributed by atoms with van der Waals surface area (Å²) in [5.74, 6) is 0. The van der Waals surface area contributed by atoms with Gasteiger partial charge in [-0.15, -0.1) is 0 Å². The van der Waals surface area contributed by atoms with Crippen LogP contribution in [0.5, 0.6) is 0 Å². The number of ether oxygens (including phenoxy) is 1. The standard InChI is InChI=1S/C9H19N.C2H4O3/c1-3-7-10-8-5-4-6-9(10)2;1-5-2(3)4/h9H,3-8H2,1-2H3;1H3,(H,3,4). The second kappa shape index (κ2) is 8.53. The van der Waals surface area contributed by atoms with E-state index in [4.69, 9.17) is 9.90 Å². The van der Waals surface area contributed by atoms with E-state index in [2.05, 4.69) is 23.5 Å². The number of hydrogen-bond donors (Lipinski definition) is 1. The average Bonchev–Trinajstić information content (AvgIpc) is 2.23. The molecule has 1 N–H and O–H groups in total. The van der Waals surface area contributed by atoms with Crippen molar-refractivity contribution in [3.8, 4) is 0 Å². The van der Waals surface area contributed by atoms with Crippen molar-refractivity contribution >= 4 is 6.16 Å². The van der Waals surface area contributed by atoms with Gasteiger partial charge in [0.2, 0.25) is 0 Å². The number of hydrogen-bond acceptors (Lipinski definition) is 3. The number of likely N-dealkylation sites (tertiary alicyclic amines) is 1. The van der Waals surface area contributed by atoms with Crippen LogP contribution in [-0.2, 0) is 4.74 Å². The molecule has 1 rings (SSSR count). The molecular formula is C11H23NO3. The van der Waals surface area contributed by atoms with Crippen LogP contribution in [0.4, 0.5) is 4.79 Å². The van der Waals surface area contributed by atoms with Gasteiger partial charge in [0.25, 0.3) is 0 Å². The Bertz CT molecular complexity index is 171. The summed E-state index contributed by atoms with van der Waals surface area (Å²) in [5.41, 5.74) is 0. The van der Waals surface area contributed by atoms with Crippen molar-refractivity contribution in [2.45, 2.75) is 45.6 Å². The molecule has 0 bridgehead atoms. The lowest BCUT2D eigenvalue weighted by atomic mass is 10.0. The summed E-state index contributed by atoms with van der Waals surface area (Å²) in [6, 6.07) is 0.855. The van der Waals surface area contributed by atoms with Crippen LogP contribution < -0.4 is 0 Å². The van der Waals surface area contributed by atoms with Crippen molar-refractivity contribution in [1.29, 1.82) is 0 Å². The molecule has 1 saturated heterocycles. The molecule has 0 spiro atoms. The number of piperidine rings is 1. The highest BCUT2D eigenvalue weighted by Crippen LogP contribution is 2.15. The summed E-state index contributed by atoms with van der Waals surface area (Å²) in [7, 11) is 1.10. The third-order valence-corrected chi connectivity index (χ3v) is 2.63. The first-order valence-electron chi connectivity index (χ1n) is 5.62. The fourth-order valence-electron chi connectivity index (χ4n) is 1.78. The van der Waals surface area contributed by atoms with Crippen molar-refractivity contribution in [3.05, 3.63) is 0 Å². The molecule has 0 saturated carbocycles. The molecule has 1 unspecified atom stereocenters. The zero-order valence-electron chi connectivity index (χ0n) is 10.0. The highest BCUT2D eigenvalue weighted by Gasteiger charge is 2.16. The molecule has 1 aliphatic heterocycles. The Hall–Kier alpha value is -0.770. The van der Waals surface area contributed by atoms with Gasteiger partial charge in [-0.2, -0.15) is 0 Å². The van der Waals surface area contributed by atoms with Gasteiger partial charge in [0.1, 0.15) is 0 Å². The molecule has 15 heavy (non-hydrogen) atoms. The lowest BCUT2D eigenvalue weighted by Crippen LogP contribution is -2.37. The lowest BCUT2D eigenvalue weighted by Gasteiger charge is -2.32. The Morgan fingerprint density at radius 3 is 2.53 bits per heavy atom. The highest BCUT2D eigenvalue weighted by atomic mass is 16.6. The van der Waals surface area contributed by atoms with Gasteiger partial charge in [0.15, 0.2) is 0 Å². The zero-order chi connectivity index (χ0) is 11.7. The number of methoxy groups -OCH3 is 1. The monoisotopic (exact) mass is 217 g/mol. The number of rotatable bonds is 2. The lowest BCUT2D eigenvalue weighted by molar-refractivity contribution is 0.114. The second-order valence-corrected chi connectivity index (χ2v) is 3.85. The van der Waals surface area contributed by atoms with E-state index in [0.29, 0.717) is 0 Å². The third kappa shape index (κ3) is 7.19. The summed E-state index contributed by atoms with van der Waals surface area (Å²) >= 11 is 0. The molecule has 90 valence electrons. The van der Waals surface area contributed by atoms with E-state index in [1.54, 1.807) is 0 Å². The van der Waals surface area contributed by atoms with Gasteiger partial charge in [0.05, 0.1) is 7.11 Å². The van der Waals surface area contributed by atoms with Gasteiger partial charge in [0, 0.05) is 6.04 Å². The molecule has 1 aliphatic rings. The molecule has 1 fully saturated rings. The summed E-state index contributed by atoms with van der Waals surface area (Å²) in [5, 5.41) is 7.50. The Morgan fingerprint density at radius 2 is 2.13 bits per heavy atom. The van der Waals surface area contributed by atoms with Crippen LogP contribution >= 0.6 is 0 Å². The summed E-state index contributed by atoms with van der Waals surface area (Å²) < 4.78 is 3.67. The van der Waals surface area contributed by atoms with E-state index in [9.17, 15) is 0 Å². The van der Waals surface area contributed by atoms with E-state index in [-0.39, 0.29) is 0 Å². The normalized spacial score (nSPS) is 21.4. The van der Waals surface area contributed by atoms with Crippen LogP contribution in [0, 0.1) is 0 Å². The Morgan fingerprint density at radius 1 is 1.53 bits per heavy atom. The molecule has 1 atom stereocenters. The first kappa shape index (κ1) is 14.2. The fourth-order valence-corrected chi connectivity index (χ4v) is 1.78. The van der Waals surface area contributed by atoms with Crippen LogP contribution in [0.3, 0.4) is 0 Å². The van der Waals surface area contributed by atoms with Gasteiger partial charge >= 0.3 is 6.16 Å². The predicted octanol–water partition coefficient (Wildman–Crippen LogP) is 2.58. The van der Waals surface area contributed by atoms with Crippen molar-refractivity contribution in [2.75, 3.05) is 20.2 Å². The quantitative estimate of drug-likeness (QED) is 0.722. The minimum absolute atomic E-state index is 0.855. The molecule has 4 heteroatoms. The molecule has 0 aliphatic carbocycles. The van der Waals surface area contributed by atoms with Crippen molar-refractivity contribution in [2.24, 2.45) is 0 Å². The first-order chi connectivity index (χ1) is 7.11. The van der Waals surface area contributed by atoms with E-state index in [1.807, 2.05) is 0 Å². The van der Waals surface area contributed by atoms with Crippen LogP contribution in [0.2, 0.25) is 0 Å². The highest BCUT2D eigenvalue weighted by molar-refractivity contribution is 5.56. The maximum atomic E-state index is 9.15. The van der Waals surface area contributed by atoms with Crippen LogP contribution in [0.1, 0.15) is 39.5 Å². The predicted molar refractivity (Wildman–Crippen MR) is 60.2 cm³/mol. The topological polar surface area (TPSA) is 49.8 Å². The van der Waals surface area contributed by atoms with E-state index >= 15 is 0 Å². The molecule has 0 aromatic carbocycles. The van der Waals surface area contributed by atoms with E-state index in [1.165, 1.54) is 38.8 Å². The van der Waals surface area contributed by atoms with Crippen molar-refractivity contribution in [3.63, 3.8) is 0 Å². The average molecular weight is 217 g/mol. The van der Waals surface area contributed by atoms with Gasteiger partial charge in [-0.3, -0.25) is 0 Å². The molecule has 0 radical (unpaired) electrons. The maximum absolute atomic E-state index is 9.15. The number of carbonyl (C=O) groups is 1. The van der Waals surface area contributed by atoms with Crippen molar-refractivity contribution < 1.29 is 14.6 Å². The minimum Gasteiger partial charge on any atom is -0.450 e. The fraction of sp³-hybridized carbons (Fsp3) is 0.909. The van der Waals surface area contributed by atoms with Gasteiger partial charge in [-0.25, -0.2) is 4.79 Å². The minimum atomic E-state index is -1.25. The Kier molecular flexibility index (Phi) is 8.09. The second-order valence-electron chi connectivity index (χ2n) is 3.85. The number of nitrogens with zero attached hydrogens (tertiary/aromatic N) is 1. The molecule has 4 nitrogen and oxygen atoms in total. The van der Waals surface area contributed by atoms with Gasteiger partial charge in [-0.05, 0) is 39.3 Å². The molecule has 0 amide bonds. The molecule has 1 heterocycles. The first-order valence-corrected chi connectivity index (χ1v) is 5.62. The van der Waals surface area contributed by atoms with Gasteiger partial charge < -0.3 is 14.7 Å². The van der Waals surface area contributed by atoms with E-state index < -0.39 is 6.16 Å². The van der Waals surface area contributed by atoms with Crippen LogP contribution in [0.15, 0.2) is 0 Å². The molecule has 0 aromatic rings. The molecule has 0 aromatic heterocycles. The Balaban J connectivity index is 0.000000336. The smallest absolute Gasteiger partial charge is 0.450 e. The Labute approximate surface area is 92.2 Å². The zero-order valence-corrected chi connectivity index (χ0v) is 10.0. The third-order valence-electron chi connectivity index (χ3n) is 2.63. The van der Waals surface area contributed by atoms with Crippen LogP contribution in [0.25, 0.3) is 0 Å². The largest absolute Gasteiger partial charge is 0.505 e. The van der Waals surface area contributed by atoms with E-state index in [0.717, 1.165) is 13.2 Å².